The molecule has 1 aromatic heterocycles. The van der Waals surface area contributed by atoms with Crippen molar-refractivity contribution >= 4 is 33.2 Å². The van der Waals surface area contributed by atoms with Gasteiger partial charge in [0.15, 0.2) is 0 Å². The van der Waals surface area contributed by atoms with Crippen molar-refractivity contribution in [2.75, 3.05) is 20.1 Å². The maximum absolute atomic E-state index is 12.6. The van der Waals surface area contributed by atoms with Crippen molar-refractivity contribution in [1.29, 1.82) is 0 Å². The minimum atomic E-state index is -0.122. The van der Waals surface area contributed by atoms with Gasteiger partial charge in [-0.15, -0.1) is 11.3 Å². The smallest absolute Gasteiger partial charge is 0.239 e. The monoisotopic (exact) mass is 374 g/mol. The Bertz CT molecular complexity index is 484. The highest BCUT2D eigenvalue weighted by Gasteiger charge is 2.30. The molecule has 1 aliphatic heterocycles. The zero-order valence-electron chi connectivity index (χ0n) is 13.0. The summed E-state index contributed by atoms with van der Waals surface area (Å²) in [5.74, 6) is 0.190. The third-order valence-electron chi connectivity index (χ3n) is 3.78. The van der Waals surface area contributed by atoms with Crippen molar-refractivity contribution < 1.29 is 9.53 Å². The number of hydrogen-bond donors (Lipinski definition) is 0. The Hall–Kier alpha value is -0.430. The Morgan fingerprint density at radius 2 is 2.10 bits per heavy atom. The van der Waals surface area contributed by atoms with Gasteiger partial charge >= 0.3 is 0 Å². The van der Waals surface area contributed by atoms with E-state index in [1.54, 1.807) is 11.3 Å². The van der Waals surface area contributed by atoms with Crippen LogP contribution in [0.2, 0.25) is 0 Å². The number of halogens is 1. The standard InChI is InChI=1S/C15H23BrN2O2S/c1-10-7-18(8-11(2)20-10)15(19)12(3)17(4)9-13-5-6-14(16)21-13/h5-6,10-12H,7-9H2,1-4H3. The van der Waals surface area contributed by atoms with Crippen molar-refractivity contribution in [3.63, 3.8) is 0 Å². The molecule has 0 spiro atoms. The molecule has 3 atom stereocenters. The lowest BCUT2D eigenvalue weighted by atomic mass is 10.2. The molecule has 1 aliphatic rings. The SMILES string of the molecule is CC1CN(C(=O)C(C)N(C)Cc2ccc(Br)s2)CC(C)O1. The fourth-order valence-electron chi connectivity index (χ4n) is 2.63. The van der Waals surface area contributed by atoms with Crippen LogP contribution in [0.5, 0.6) is 0 Å². The van der Waals surface area contributed by atoms with Gasteiger partial charge in [0.25, 0.3) is 0 Å². The minimum absolute atomic E-state index is 0.114. The number of carbonyl (C=O) groups is 1. The summed E-state index contributed by atoms with van der Waals surface area (Å²) in [5.41, 5.74) is 0. The quantitative estimate of drug-likeness (QED) is 0.811. The predicted molar refractivity (Wildman–Crippen MR) is 89.5 cm³/mol. The van der Waals surface area contributed by atoms with Crippen LogP contribution in [-0.2, 0) is 16.1 Å². The van der Waals surface area contributed by atoms with Crippen molar-refractivity contribution in [3.8, 4) is 0 Å². The van der Waals surface area contributed by atoms with E-state index in [9.17, 15) is 4.79 Å². The second-order valence-electron chi connectivity index (χ2n) is 5.80. The van der Waals surface area contributed by atoms with Crippen LogP contribution in [-0.4, -0.2) is 54.1 Å². The molecule has 4 nitrogen and oxygen atoms in total. The van der Waals surface area contributed by atoms with Gasteiger partial charge in [-0.25, -0.2) is 0 Å². The lowest BCUT2D eigenvalue weighted by molar-refractivity contribution is -0.147. The fourth-order valence-corrected chi connectivity index (χ4v) is 4.18. The van der Waals surface area contributed by atoms with Gasteiger partial charge in [0.05, 0.1) is 22.0 Å². The summed E-state index contributed by atoms with van der Waals surface area (Å²) in [6.07, 6.45) is 0.229. The molecule has 0 bridgehead atoms. The van der Waals surface area contributed by atoms with Gasteiger partial charge in [-0.2, -0.15) is 0 Å². The van der Waals surface area contributed by atoms with Crippen molar-refractivity contribution in [1.82, 2.24) is 9.80 Å². The molecule has 0 saturated carbocycles. The number of amides is 1. The maximum atomic E-state index is 12.6. The third-order valence-corrected chi connectivity index (χ3v) is 5.39. The van der Waals surface area contributed by atoms with Gasteiger partial charge in [0.2, 0.25) is 5.91 Å². The summed E-state index contributed by atoms with van der Waals surface area (Å²) in [4.78, 5) is 17.9. The van der Waals surface area contributed by atoms with Crippen LogP contribution in [0.1, 0.15) is 25.6 Å². The predicted octanol–water partition coefficient (Wildman–Crippen LogP) is 2.97. The number of morpholine rings is 1. The molecular formula is C15H23BrN2O2S. The first-order chi connectivity index (χ1) is 9.86. The molecule has 1 saturated heterocycles. The van der Waals surface area contributed by atoms with Gasteiger partial charge in [0.1, 0.15) is 0 Å². The van der Waals surface area contributed by atoms with Crippen LogP contribution >= 0.6 is 27.3 Å². The number of likely N-dealkylation sites (N-methyl/N-ethyl adjacent to an activating group) is 1. The average Bonchev–Trinajstić information content (AvgIpc) is 2.81. The van der Waals surface area contributed by atoms with Crippen molar-refractivity contribution in [2.24, 2.45) is 0 Å². The van der Waals surface area contributed by atoms with E-state index >= 15 is 0 Å². The Morgan fingerprint density at radius 1 is 1.48 bits per heavy atom. The van der Waals surface area contributed by atoms with E-state index in [1.165, 1.54) is 4.88 Å². The Balaban J connectivity index is 1.94. The van der Waals surface area contributed by atoms with Gasteiger partial charge in [0, 0.05) is 24.5 Å². The van der Waals surface area contributed by atoms with Crippen LogP contribution in [0.4, 0.5) is 0 Å². The van der Waals surface area contributed by atoms with Crippen LogP contribution in [0.15, 0.2) is 15.9 Å². The molecule has 1 amide bonds. The van der Waals surface area contributed by atoms with E-state index in [0.29, 0.717) is 13.1 Å². The van der Waals surface area contributed by atoms with Crippen molar-refractivity contribution in [2.45, 2.75) is 45.6 Å². The Labute approximate surface area is 139 Å². The third kappa shape index (κ3) is 4.52. The highest BCUT2D eigenvalue weighted by atomic mass is 79.9. The topological polar surface area (TPSA) is 32.8 Å². The van der Waals surface area contributed by atoms with E-state index < -0.39 is 0 Å². The normalized spacial score (nSPS) is 24.4. The number of thiophene rings is 1. The molecule has 2 heterocycles. The molecule has 0 aromatic carbocycles. The van der Waals surface area contributed by atoms with E-state index in [0.717, 1.165) is 10.3 Å². The molecule has 1 fully saturated rings. The molecule has 21 heavy (non-hydrogen) atoms. The van der Waals surface area contributed by atoms with Crippen LogP contribution in [0.25, 0.3) is 0 Å². The zero-order chi connectivity index (χ0) is 15.6. The highest BCUT2D eigenvalue weighted by Crippen LogP contribution is 2.23. The van der Waals surface area contributed by atoms with Crippen molar-refractivity contribution in [3.05, 3.63) is 20.8 Å². The number of ether oxygens (including phenoxy) is 1. The second kappa shape index (κ2) is 7.22. The molecular weight excluding hydrogens is 352 g/mol. The van der Waals surface area contributed by atoms with Crippen LogP contribution in [0, 0.1) is 0 Å². The summed E-state index contributed by atoms with van der Waals surface area (Å²) in [6.45, 7) is 8.19. The Kier molecular flexibility index (Phi) is 5.82. The van der Waals surface area contributed by atoms with Gasteiger partial charge in [-0.05, 0) is 55.9 Å². The molecule has 118 valence electrons. The summed E-state index contributed by atoms with van der Waals surface area (Å²) in [6, 6.07) is 4.02. The average molecular weight is 375 g/mol. The first kappa shape index (κ1) is 16.9. The molecule has 3 unspecified atom stereocenters. The summed E-state index contributed by atoms with van der Waals surface area (Å²) >= 11 is 5.19. The van der Waals surface area contributed by atoms with E-state index in [1.807, 2.05) is 38.8 Å². The number of nitrogens with zero attached hydrogens (tertiary/aromatic N) is 2. The lowest BCUT2D eigenvalue weighted by Gasteiger charge is -2.38. The van der Waals surface area contributed by atoms with Gasteiger partial charge in [-0.1, -0.05) is 0 Å². The summed E-state index contributed by atoms with van der Waals surface area (Å²) in [5, 5.41) is 0. The zero-order valence-corrected chi connectivity index (χ0v) is 15.4. The van der Waals surface area contributed by atoms with E-state index in [4.69, 9.17) is 4.74 Å². The lowest BCUT2D eigenvalue weighted by Crippen LogP contribution is -2.53. The molecule has 0 aliphatic carbocycles. The summed E-state index contributed by atoms with van der Waals surface area (Å²) < 4.78 is 6.82. The molecule has 0 radical (unpaired) electrons. The molecule has 2 rings (SSSR count). The van der Waals surface area contributed by atoms with Crippen LogP contribution < -0.4 is 0 Å². The molecule has 0 N–H and O–H groups in total. The molecule has 1 aromatic rings. The number of carbonyl (C=O) groups excluding carboxylic acids is 1. The maximum Gasteiger partial charge on any atom is 0.239 e. The minimum Gasteiger partial charge on any atom is -0.372 e. The molecule has 6 heteroatoms. The highest BCUT2D eigenvalue weighted by molar-refractivity contribution is 9.11. The first-order valence-electron chi connectivity index (χ1n) is 7.25. The Morgan fingerprint density at radius 3 is 2.62 bits per heavy atom. The van der Waals surface area contributed by atoms with Crippen LogP contribution in [0.3, 0.4) is 0 Å². The number of rotatable bonds is 4. The van der Waals surface area contributed by atoms with E-state index in [2.05, 4.69) is 26.9 Å². The fraction of sp³-hybridized carbons (Fsp3) is 0.667. The summed E-state index contributed by atoms with van der Waals surface area (Å²) in [7, 11) is 2.00. The van der Waals surface area contributed by atoms with E-state index in [-0.39, 0.29) is 24.2 Å². The second-order valence-corrected chi connectivity index (χ2v) is 8.35. The number of hydrogen-bond acceptors (Lipinski definition) is 4. The first-order valence-corrected chi connectivity index (χ1v) is 8.86. The van der Waals surface area contributed by atoms with Gasteiger partial charge in [-0.3, -0.25) is 9.69 Å². The largest absolute Gasteiger partial charge is 0.372 e. The van der Waals surface area contributed by atoms with Gasteiger partial charge < -0.3 is 9.64 Å².